The standard InChI is InChI=1S/C17H20N2.C13H19N5.C2H6.CH2O/c1-4-14(2)10-11-17-13-19(18-15(17)3)12-16-8-6-5-7-9-16;1-17-6-2-3-10(8-17)7-11-4-5-12-13(14)15-9-16-18(11)12;2*1-2/h5-11,13H,2,4,12H2,1,3H3;4-5,9-10H,2-3,6-8H2,1H3,(H2,14,15,16);1-2H3;1H2/b11-10-;;;. The third kappa shape index (κ3) is 10.1. The summed E-state index contributed by atoms with van der Waals surface area (Å²) in [4.78, 5) is 14.4. The summed E-state index contributed by atoms with van der Waals surface area (Å²) in [5.41, 5.74) is 12.6. The van der Waals surface area contributed by atoms with E-state index in [1.54, 1.807) is 0 Å². The average Bonchev–Trinajstić information content (AvgIpc) is 3.57. The zero-order valence-electron chi connectivity index (χ0n) is 25.5. The second kappa shape index (κ2) is 17.6. The van der Waals surface area contributed by atoms with Crippen molar-refractivity contribution in [3.63, 3.8) is 0 Å². The zero-order chi connectivity index (χ0) is 30.2. The van der Waals surface area contributed by atoms with Gasteiger partial charge in [0.2, 0.25) is 0 Å². The maximum absolute atomic E-state index is 8.00. The Bertz CT molecular complexity index is 1360. The predicted octanol–water partition coefficient (Wildman–Crippen LogP) is 6.26. The van der Waals surface area contributed by atoms with Crippen LogP contribution in [0.3, 0.4) is 0 Å². The monoisotopic (exact) mass is 557 g/mol. The Balaban J connectivity index is 0.000000256. The van der Waals surface area contributed by atoms with E-state index in [9.17, 15) is 0 Å². The number of hydrogen-bond donors (Lipinski definition) is 1. The molecule has 1 aromatic carbocycles. The van der Waals surface area contributed by atoms with Crippen LogP contribution in [0.2, 0.25) is 0 Å². The van der Waals surface area contributed by atoms with E-state index in [1.807, 2.05) is 48.9 Å². The lowest BCUT2D eigenvalue weighted by molar-refractivity contribution is -0.0980. The van der Waals surface area contributed by atoms with E-state index in [2.05, 4.69) is 89.3 Å². The SMILES string of the molecule is C=C(/C=C\c1cn(Cc2ccccc2)nc1C)CC.C=O.CC.CN1CCCC(Cc2ccc3c(N)ncnn23)C1. The van der Waals surface area contributed by atoms with Crippen molar-refractivity contribution in [2.75, 3.05) is 25.9 Å². The molecule has 3 aromatic heterocycles. The molecule has 1 unspecified atom stereocenters. The molecule has 1 fully saturated rings. The summed E-state index contributed by atoms with van der Waals surface area (Å²) in [5, 5.41) is 8.84. The predicted molar refractivity (Wildman–Crippen MR) is 171 cm³/mol. The molecule has 4 aromatic rings. The van der Waals surface area contributed by atoms with Crippen LogP contribution in [0.4, 0.5) is 5.82 Å². The first kappa shape index (κ1) is 33.2. The molecule has 5 rings (SSSR count). The Kier molecular flexibility index (Phi) is 14.2. The number of fused-ring (bicyclic) bond motifs is 1. The zero-order valence-corrected chi connectivity index (χ0v) is 25.5. The first-order chi connectivity index (χ1) is 19.9. The van der Waals surface area contributed by atoms with Gasteiger partial charge in [0.05, 0.1) is 12.2 Å². The van der Waals surface area contributed by atoms with Crippen molar-refractivity contribution in [3.8, 4) is 0 Å². The topological polar surface area (TPSA) is 94.3 Å². The van der Waals surface area contributed by atoms with Gasteiger partial charge in [-0.15, -0.1) is 0 Å². The number of aryl methyl sites for hydroxylation is 1. The Labute approximate surface area is 245 Å². The molecule has 1 aliphatic rings. The van der Waals surface area contributed by atoms with Crippen LogP contribution in [0.15, 0.2) is 73.2 Å². The minimum atomic E-state index is 0.553. The van der Waals surface area contributed by atoms with Crippen molar-refractivity contribution in [1.82, 2.24) is 29.3 Å². The number of likely N-dealkylation sites (tertiary alicyclic amines) is 1. The molecule has 0 radical (unpaired) electrons. The molecule has 41 heavy (non-hydrogen) atoms. The lowest BCUT2D eigenvalue weighted by Crippen LogP contribution is -2.33. The number of allylic oxidation sites excluding steroid dienone is 2. The molecular formula is C33H47N7O. The largest absolute Gasteiger partial charge is 0.382 e. The number of benzene rings is 1. The first-order valence-corrected chi connectivity index (χ1v) is 14.4. The second-order valence-corrected chi connectivity index (χ2v) is 9.94. The summed E-state index contributed by atoms with van der Waals surface area (Å²) in [7, 11) is 2.20. The summed E-state index contributed by atoms with van der Waals surface area (Å²) in [6, 6.07) is 14.5. The molecule has 8 nitrogen and oxygen atoms in total. The number of nitrogens with two attached hydrogens (primary N) is 1. The highest BCUT2D eigenvalue weighted by Gasteiger charge is 2.19. The van der Waals surface area contributed by atoms with Gasteiger partial charge in [-0.3, -0.25) is 4.68 Å². The Morgan fingerprint density at radius 3 is 2.56 bits per heavy atom. The summed E-state index contributed by atoms with van der Waals surface area (Å²) < 4.78 is 3.91. The minimum Gasteiger partial charge on any atom is -0.382 e. The van der Waals surface area contributed by atoms with Gasteiger partial charge in [-0.2, -0.15) is 10.2 Å². The maximum Gasteiger partial charge on any atom is 0.151 e. The summed E-state index contributed by atoms with van der Waals surface area (Å²) in [6.45, 7) is 17.3. The number of piperidine rings is 1. The maximum atomic E-state index is 8.00. The van der Waals surface area contributed by atoms with Crippen molar-refractivity contribution >= 4 is 24.2 Å². The van der Waals surface area contributed by atoms with Crippen LogP contribution in [0.25, 0.3) is 11.6 Å². The van der Waals surface area contributed by atoms with E-state index in [1.165, 1.54) is 43.5 Å². The average molecular weight is 558 g/mol. The number of carbonyl (C=O) groups excluding carboxylic acids is 1. The van der Waals surface area contributed by atoms with E-state index in [0.29, 0.717) is 5.82 Å². The van der Waals surface area contributed by atoms with Crippen molar-refractivity contribution in [3.05, 3.63) is 95.7 Å². The quantitative estimate of drug-likeness (QED) is 0.270. The highest BCUT2D eigenvalue weighted by atomic mass is 16.1. The van der Waals surface area contributed by atoms with E-state index in [-0.39, 0.29) is 0 Å². The molecule has 1 saturated heterocycles. The Morgan fingerprint density at radius 2 is 1.88 bits per heavy atom. The second-order valence-electron chi connectivity index (χ2n) is 9.94. The molecule has 0 bridgehead atoms. The third-order valence-electron chi connectivity index (χ3n) is 6.90. The van der Waals surface area contributed by atoms with Crippen LogP contribution in [-0.4, -0.2) is 56.2 Å². The summed E-state index contributed by atoms with van der Waals surface area (Å²) in [6.07, 6.45) is 12.4. The number of carbonyl (C=O) groups is 1. The van der Waals surface area contributed by atoms with Gasteiger partial charge >= 0.3 is 0 Å². The number of hydrogen-bond acceptors (Lipinski definition) is 6. The fourth-order valence-corrected chi connectivity index (χ4v) is 4.77. The fraction of sp³-hybridized carbons (Fsp3) is 0.394. The van der Waals surface area contributed by atoms with Gasteiger partial charge in [-0.25, -0.2) is 9.50 Å². The van der Waals surface area contributed by atoms with Gasteiger partial charge in [-0.1, -0.05) is 75.4 Å². The van der Waals surface area contributed by atoms with Crippen LogP contribution >= 0.6 is 0 Å². The van der Waals surface area contributed by atoms with E-state index in [4.69, 9.17) is 10.5 Å². The van der Waals surface area contributed by atoms with Crippen molar-refractivity contribution in [2.45, 2.75) is 59.9 Å². The summed E-state index contributed by atoms with van der Waals surface area (Å²) in [5.74, 6) is 1.27. The summed E-state index contributed by atoms with van der Waals surface area (Å²) >= 11 is 0. The normalized spacial score (nSPS) is 14.8. The number of nitrogens with zero attached hydrogens (tertiary/aromatic N) is 6. The molecule has 0 amide bonds. The van der Waals surface area contributed by atoms with Gasteiger partial charge in [0.25, 0.3) is 0 Å². The van der Waals surface area contributed by atoms with Crippen LogP contribution in [-0.2, 0) is 17.8 Å². The van der Waals surface area contributed by atoms with Gasteiger partial charge < -0.3 is 15.4 Å². The van der Waals surface area contributed by atoms with Gasteiger partial charge in [-0.05, 0) is 69.8 Å². The minimum absolute atomic E-state index is 0.553. The molecule has 1 aliphatic heterocycles. The highest BCUT2D eigenvalue weighted by molar-refractivity contribution is 5.65. The van der Waals surface area contributed by atoms with Crippen molar-refractivity contribution < 1.29 is 4.79 Å². The first-order valence-electron chi connectivity index (χ1n) is 14.4. The lowest BCUT2D eigenvalue weighted by atomic mass is 9.94. The van der Waals surface area contributed by atoms with Crippen molar-refractivity contribution in [2.24, 2.45) is 5.92 Å². The van der Waals surface area contributed by atoms with Crippen LogP contribution in [0, 0.1) is 12.8 Å². The van der Waals surface area contributed by atoms with Crippen molar-refractivity contribution in [1.29, 1.82) is 0 Å². The fourth-order valence-electron chi connectivity index (χ4n) is 4.77. The Hall–Kier alpha value is -4.04. The smallest absolute Gasteiger partial charge is 0.151 e. The molecule has 0 saturated carbocycles. The third-order valence-corrected chi connectivity index (χ3v) is 6.90. The molecule has 0 aliphatic carbocycles. The highest BCUT2D eigenvalue weighted by Crippen LogP contribution is 2.22. The number of aromatic nitrogens is 5. The molecule has 8 heteroatoms. The number of anilines is 1. The van der Waals surface area contributed by atoms with Crippen LogP contribution in [0.5, 0.6) is 0 Å². The van der Waals surface area contributed by atoms with Crippen LogP contribution < -0.4 is 5.73 Å². The molecule has 0 spiro atoms. The van der Waals surface area contributed by atoms with Crippen LogP contribution in [0.1, 0.15) is 62.5 Å². The Morgan fingerprint density at radius 1 is 1.15 bits per heavy atom. The van der Waals surface area contributed by atoms with E-state index < -0.39 is 0 Å². The van der Waals surface area contributed by atoms with E-state index in [0.717, 1.165) is 47.7 Å². The van der Waals surface area contributed by atoms with Gasteiger partial charge in [0.15, 0.2) is 5.82 Å². The molecule has 2 N–H and O–H groups in total. The lowest BCUT2D eigenvalue weighted by Gasteiger charge is -2.29. The molecule has 4 heterocycles. The molecule has 220 valence electrons. The number of nitrogen functional groups attached to an aromatic ring is 1. The van der Waals surface area contributed by atoms with Gasteiger partial charge in [0, 0.05) is 24.0 Å². The van der Waals surface area contributed by atoms with E-state index >= 15 is 0 Å². The molecular weight excluding hydrogens is 510 g/mol. The number of rotatable bonds is 7. The van der Waals surface area contributed by atoms with Gasteiger partial charge in [0.1, 0.15) is 18.6 Å². The molecule has 1 atom stereocenters.